The van der Waals surface area contributed by atoms with Crippen molar-refractivity contribution in [1.29, 1.82) is 0 Å². The second-order valence-electron chi connectivity index (χ2n) is 3.58. The molecule has 0 aliphatic heterocycles. The van der Waals surface area contributed by atoms with Gasteiger partial charge in [-0.05, 0) is 24.8 Å². The van der Waals surface area contributed by atoms with Gasteiger partial charge in [0.15, 0.2) is 10.2 Å². The molecule has 0 radical (unpaired) electrons. The summed E-state index contributed by atoms with van der Waals surface area (Å²) in [4.78, 5) is 25.9. The van der Waals surface area contributed by atoms with Crippen LogP contribution in [0.25, 0.3) is 0 Å². The fourth-order valence-electron chi connectivity index (χ4n) is 1.47. The first-order valence-corrected chi connectivity index (χ1v) is 6.33. The number of pyridine rings is 1. The van der Waals surface area contributed by atoms with Crippen LogP contribution in [0.3, 0.4) is 0 Å². The van der Waals surface area contributed by atoms with Crippen molar-refractivity contribution in [2.45, 2.75) is 23.7 Å². The Labute approximate surface area is 116 Å². The number of nitrogens with zero attached hydrogens (tertiary/aromatic N) is 4. The van der Waals surface area contributed by atoms with Crippen molar-refractivity contribution in [2.24, 2.45) is 5.84 Å². The molecule has 4 N–H and O–H groups in total. The minimum atomic E-state index is -0.559. The van der Waals surface area contributed by atoms with E-state index in [0.29, 0.717) is 11.7 Å². The van der Waals surface area contributed by atoms with Gasteiger partial charge in [0.25, 0.3) is 0 Å². The standard InChI is InChI=1S/C9H11N7O3S/c1-2-15-8(17)13-14-9(15)20-7-5(16(18)19)3-4-6(11-7)12-10/h3-4H,2,10H2,1H3,(H,11,12)(H,13,17). The largest absolute Gasteiger partial charge is 0.343 e. The van der Waals surface area contributed by atoms with Crippen molar-refractivity contribution < 1.29 is 4.92 Å². The first kappa shape index (κ1) is 14.0. The van der Waals surface area contributed by atoms with Crippen LogP contribution in [0.15, 0.2) is 27.1 Å². The van der Waals surface area contributed by atoms with Crippen molar-refractivity contribution in [1.82, 2.24) is 19.7 Å². The number of nitrogens with two attached hydrogens (primary N) is 1. The van der Waals surface area contributed by atoms with E-state index in [0.717, 1.165) is 11.8 Å². The molecule has 0 fully saturated rings. The lowest BCUT2D eigenvalue weighted by atomic mass is 10.4. The zero-order valence-electron chi connectivity index (χ0n) is 10.4. The second-order valence-corrected chi connectivity index (χ2v) is 4.54. The molecule has 2 aromatic rings. The summed E-state index contributed by atoms with van der Waals surface area (Å²) < 4.78 is 1.35. The molecule has 0 amide bonds. The highest BCUT2D eigenvalue weighted by Gasteiger charge is 2.20. The third-order valence-electron chi connectivity index (χ3n) is 2.41. The Balaban J connectivity index is 2.45. The monoisotopic (exact) mass is 297 g/mol. The van der Waals surface area contributed by atoms with Crippen LogP contribution in [0.5, 0.6) is 0 Å². The van der Waals surface area contributed by atoms with E-state index in [4.69, 9.17) is 5.84 Å². The van der Waals surface area contributed by atoms with E-state index in [9.17, 15) is 14.9 Å². The number of rotatable bonds is 5. The Morgan fingerprint density at radius 1 is 1.60 bits per heavy atom. The van der Waals surface area contributed by atoms with Crippen LogP contribution in [0.1, 0.15) is 6.92 Å². The Hall–Kier alpha value is -2.40. The zero-order chi connectivity index (χ0) is 14.7. The fraction of sp³-hybridized carbons (Fsp3) is 0.222. The van der Waals surface area contributed by atoms with Gasteiger partial charge in [0, 0.05) is 12.6 Å². The maximum absolute atomic E-state index is 11.4. The summed E-state index contributed by atoms with van der Waals surface area (Å²) in [6.45, 7) is 2.15. The molecule has 11 heteroatoms. The van der Waals surface area contributed by atoms with E-state index < -0.39 is 4.92 Å². The van der Waals surface area contributed by atoms with Crippen LogP contribution < -0.4 is 17.0 Å². The molecule has 106 valence electrons. The van der Waals surface area contributed by atoms with Gasteiger partial charge in [-0.1, -0.05) is 0 Å². The quantitative estimate of drug-likeness (QED) is 0.406. The summed E-state index contributed by atoms with van der Waals surface area (Å²) in [5.41, 5.74) is 1.74. The van der Waals surface area contributed by atoms with Crippen LogP contribution in [0, 0.1) is 10.1 Å². The van der Waals surface area contributed by atoms with E-state index in [1.165, 1.54) is 16.7 Å². The van der Waals surface area contributed by atoms with Gasteiger partial charge in [-0.2, -0.15) is 0 Å². The summed E-state index contributed by atoms with van der Waals surface area (Å²) >= 11 is 0.916. The van der Waals surface area contributed by atoms with Crippen LogP contribution in [0.4, 0.5) is 11.5 Å². The number of hydrazine groups is 1. The minimum absolute atomic E-state index is 0.0964. The number of nitrogens with one attached hydrogen (secondary N) is 2. The predicted molar refractivity (Wildman–Crippen MR) is 71.3 cm³/mol. The van der Waals surface area contributed by atoms with Crippen LogP contribution >= 0.6 is 11.8 Å². The highest BCUT2D eigenvalue weighted by molar-refractivity contribution is 7.99. The highest BCUT2D eigenvalue weighted by atomic mass is 32.2. The third-order valence-corrected chi connectivity index (χ3v) is 3.40. The van der Waals surface area contributed by atoms with Crippen LogP contribution in [0.2, 0.25) is 0 Å². The first-order valence-electron chi connectivity index (χ1n) is 5.52. The highest BCUT2D eigenvalue weighted by Crippen LogP contribution is 2.32. The molecule has 0 atom stereocenters. The number of hydrogen-bond donors (Lipinski definition) is 3. The van der Waals surface area contributed by atoms with Crippen LogP contribution in [-0.2, 0) is 6.54 Å². The molecule has 2 heterocycles. The summed E-state index contributed by atoms with van der Waals surface area (Å²) in [6, 6.07) is 2.67. The Bertz CT molecular complexity index is 695. The lowest BCUT2D eigenvalue weighted by Gasteiger charge is -2.04. The number of nitrogen functional groups attached to an aromatic ring is 1. The number of anilines is 1. The molecule has 20 heavy (non-hydrogen) atoms. The van der Waals surface area contributed by atoms with Gasteiger partial charge in [-0.25, -0.2) is 20.7 Å². The topological polar surface area (TPSA) is 145 Å². The zero-order valence-corrected chi connectivity index (χ0v) is 11.2. The van der Waals surface area contributed by atoms with E-state index in [-0.39, 0.29) is 22.2 Å². The molecule has 0 aromatic carbocycles. The predicted octanol–water partition coefficient (Wildman–Crippen LogP) is 0.331. The maximum Gasteiger partial charge on any atom is 0.343 e. The molecule has 0 aliphatic carbocycles. The first-order chi connectivity index (χ1) is 9.56. The van der Waals surface area contributed by atoms with Gasteiger partial charge in [-0.3, -0.25) is 14.7 Å². The van der Waals surface area contributed by atoms with E-state index >= 15 is 0 Å². The van der Waals surface area contributed by atoms with Gasteiger partial charge in [0.1, 0.15) is 5.82 Å². The third kappa shape index (κ3) is 2.62. The van der Waals surface area contributed by atoms with Crippen molar-refractivity contribution in [2.75, 3.05) is 5.43 Å². The number of hydrogen-bond acceptors (Lipinski definition) is 8. The normalized spacial score (nSPS) is 10.5. The maximum atomic E-state index is 11.4. The summed E-state index contributed by atoms with van der Waals surface area (Å²) in [7, 11) is 0. The molecule has 0 aliphatic rings. The van der Waals surface area contributed by atoms with Gasteiger partial charge in [0.2, 0.25) is 0 Å². The smallest absolute Gasteiger partial charge is 0.308 e. The molecule has 0 unspecified atom stereocenters. The molecule has 2 aromatic heterocycles. The van der Waals surface area contributed by atoms with Crippen LogP contribution in [-0.4, -0.2) is 24.7 Å². The van der Waals surface area contributed by atoms with E-state index in [2.05, 4.69) is 20.6 Å². The molecule has 2 rings (SSSR count). The molecule has 0 bridgehead atoms. The number of H-pyrrole nitrogens is 1. The van der Waals surface area contributed by atoms with Gasteiger partial charge < -0.3 is 5.43 Å². The fourth-order valence-corrected chi connectivity index (χ4v) is 2.45. The average molecular weight is 297 g/mol. The van der Waals surface area contributed by atoms with Crippen molar-refractivity contribution in [3.05, 3.63) is 32.7 Å². The second kappa shape index (κ2) is 5.71. The van der Waals surface area contributed by atoms with Crippen molar-refractivity contribution in [3.63, 3.8) is 0 Å². The van der Waals surface area contributed by atoms with Gasteiger partial charge in [0.05, 0.1) is 4.92 Å². The number of nitro groups is 1. The molecule has 10 nitrogen and oxygen atoms in total. The SMILES string of the molecule is CCn1c(Sc2nc(NN)ccc2[N+](=O)[O-])n[nH]c1=O. The average Bonchev–Trinajstić information content (AvgIpc) is 2.78. The number of aromatic amines is 1. The van der Waals surface area contributed by atoms with Gasteiger partial charge >= 0.3 is 11.4 Å². The lowest BCUT2D eigenvalue weighted by Crippen LogP contribution is -2.16. The Morgan fingerprint density at radius 3 is 2.95 bits per heavy atom. The summed E-state index contributed by atoms with van der Waals surface area (Å²) in [5.74, 6) is 5.51. The Kier molecular flexibility index (Phi) is 4.00. The molecular weight excluding hydrogens is 286 g/mol. The van der Waals surface area contributed by atoms with Crippen molar-refractivity contribution in [3.8, 4) is 0 Å². The minimum Gasteiger partial charge on any atom is -0.308 e. The van der Waals surface area contributed by atoms with Gasteiger partial charge in [-0.15, -0.1) is 5.10 Å². The van der Waals surface area contributed by atoms with Crippen molar-refractivity contribution >= 4 is 23.3 Å². The molecule has 0 spiro atoms. The Morgan fingerprint density at radius 2 is 2.35 bits per heavy atom. The summed E-state index contributed by atoms with van der Waals surface area (Å²) in [5, 5.41) is 17.5. The molecule has 0 saturated carbocycles. The van der Waals surface area contributed by atoms with E-state index in [1.54, 1.807) is 6.92 Å². The number of aromatic nitrogens is 4. The summed E-state index contributed by atoms with van der Waals surface area (Å²) in [6.07, 6.45) is 0. The molecular formula is C9H11N7O3S. The lowest BCUT2D eigenvalue weighted by molar-refractivity contribution is -0.388. The molecule has 0 saturated heterocycles. The van der Waals surface area contributed by atoms with E-state index in [1.807, 2.05) is 0 Å².